The Labute approximate surface area is 174 Å². The molecule has 3 nitrogen and oxygen atoms in total. The van der Waals surface area contributed by atoms with Crippen molar-refractivity contribution in [2.24, 2.45) is 0 Å². The van der Waals surface area contributed by atoms with Crippen LogP contribution in [0.5, 0.6) is 0 Å². The number of ether oxygens (including phenoxy) is 1. The molecule has 2 aromatic carbocycles. The molecule has 0 unspecified atom stereocenters. The lowest BCUT2D eigenvalue weighted by atomic mass is 10.1. The first-order chi connectivity index (χ1) is 13.2. The molecule has 1 aromatic heterocycles. The van der Waals surface area contributed by atoms with Crippen molar-refractivity contribution in [1.82, 2.24) is 4.98 Å². The number of methoxy groups -OCH3 is 1. The van der Waals surface area contributed by atoms with Crippen molar-refractivity contribution >= 4 is 22.3 Å². The molecule has 0 amide bonds. The predicted octanol–water partition coefficient (Wildman–Crippen LogP) is 7.86. The zero-order valence-corrected chi connectivity index (χ0v) is 16.4. The standard InChI is InChI=1S/C17H16N2.C4H8O.C2H6.2CH4/c1-2-19(15-8-4-3-5-9-15)16-10-11-17-14(13-16)7-6-12-18-17;1-3-4-5-2;1-2;;/h3-13H,2H2,1H3;3-4H,1-2H3;1-2H3;2*1H4/i6D;;;;. The van der Waals surface area contributed by atoms with Gasteiger partial charge in [0.1, 0.15) is 0 Å². The molecule has 0 bridgehead atoms. The van der Waals surface area contributed by atoms with Crippen LogP contribution in [0.4, 0.5) is 11.4 Å². The van der Waals surface area contributed by atoms with Gasteiger partial charge in [-0.25, -0.2) is 0 Å². The van der Waals surface area contributed by atoms with Crippen LogP contribution < -0.4 is 4.90 Å². The Morgan fingerprint density at radius 3 is 2.25 bits per heavy atom. The first kappa shape index (κ1) is 25.2. The van der Waals surface area contributed by atoms with E-state index in [1.165, 1.54) is 5.69 Å². The van der Waals surface area contributed by atoms with Gasteiger partial charge in [0.15, 0.2) is 0 Å². The summed E-state index contributed by atoms with van der Waals surface area (Å²) in [5, 5.41) is 1.00. The van der Waals surface area contributed by atoms with Gasteiger partial charge in [-0.3, -0.25) is 4.98 Å². The van der Waals surface area contributed by atoms with Crippen LogP contribution in [0.1, 0.15) is 43.9 Å². The Morgan fingerprint density at radius 2 is 1.71 bits per heavy atom. The van der Waals surface area contributed by atoms with Crippen molar-refractivity contribution in [2.75, 3.05) is 18.6 Å². The number of allylic oxidation sites excluding steroid dienone is 1. The van der Waals surface area contributed by atoms with Gasteiger partial charge in [0, 0.05) is 29.5 Å². The molecular formula is C25H38N2O. The van der Waals surface area contributed by atoms with Gasteiger partial charge in [-0.15, -0.1) is 0 Å². The summed E-state index contributed by atoms with van der Waals surface area (Å²) >= 11 is 0. The van der Waals surface area contributed by atoms with E-state index in [9.17, 15) is 0 Å². The molecule has 3 rings (SSSR count). The number of nitrogens with zero attached hydrogens (tertiary/aromatic N) is 2. The fraction of sp³-hybridized carbons (Fsp3) is 0.320. The van der Waals surface area contributed by atoms with E-state index in [1.807, 2.05) is 57.2 Å². The Bertz CT molecular complexity index is 819. The van der Waals surface area contributed by atoms with Crippen molar-refractivity contribution in [3.05, 3.63) is 79.2 Å². The Kier molecular flexibility index (Phi) is 14.7. The lowest BCUT2D eigenvalue weighted by molar-refractivity contribution is 0.337. The lowest BCUT2D eigenvalue weighted by Gasteiger charge is -2.23. The van der Waals surface area contributed by atoms with Crippen LogP contribution in [-0.4, -0.2) is 18.6 Å². The van der Waals surface area contributed by atoms with E-state index in [-0.39, 0.29) is 14.9 Å². The number of para-hydroxylation sites is 1. The summed E-state index contributed by atoms with van der Waals surface area (Å²) in [6.45, 7) is 8.93. The molecule has 0 N–H and O–H groups in total. The highest BCUT2D eigenvalue weighted by molar-refractivity contribution is 5.83. The second-order valence-electron chi connectivity index (χ2n) is 5.10. The molecule has 0 aliphatic carbocycles. The molecule has 154 valence electrons. The molecule has 0 radical (unpaired) electrons. The average Bonchev–Trinajstić information content (AvgIpc) is 2.72. The lowest BCUT2D eigenvalue weighted by Crippen LogP contribution is -2.15. The van der Waals surface area contributed by atoms with E-state index in [2.05, 4.69) is 45.8 Å². The number of fused-ring (bicyclic) bond motifs is 1. The minimum absolute atomic E-state index is 0. The van der Waals surface area contributed by atoms with Crippen molar-refractivity contribution in [3.8, 4) is 0 Å². The summed E-state index contributed by atoms with van der Waals surface area (Å²) in [5.74, 6) is 0. The van der Waals surface area contributed by atoms with E-state index in [0.29, 0.717) is 6.04 Å². The summed E-state index contributed by atoms with van der Waals surface area (Å²) < 4.78 is 12.2. The molecular weight excluding hydrogens is 344 g/mol. The first-order valence-electron chi connectivity index (χ1n) is 9.52. The third-order valence-corrected chi connectivity index (χ3v) is 3.50. The van der Waals surface area contributed by atoms with Crippen LogP contribution >= 0.6 is 0 Å². The van der Waals surface area contributed by atoms with Crippen LogP contribution in [-0.2, 0) is 4.74 Å². The molecule has 0 saturated heterocycles. The van der Waals surface area contributed by atoms with Gasteiger partial charge >= 0.3 is 0 Å². The maximum atomic E-state index is 7.69. The topological polar surface area (TPSA) is 25.4 Å². The monoisotopic (exact) mass is 383 g/mol. The molecule has 0 spiro atoms. The highest BCUT2D eigenvalue weighted by Gasteiger charge is 2.07. The number of anilines is 2. The smallest absolute Gasteiger partial charge is 0.0781 e. The van der Waals surface area contributed by atoms with Gasteiger partial charge in [-0.1, -0.05) is 59.0 Å². The number of hydrogen-bond donors (Lipinski definition) is 0. The zero-order valence-electron chi connectivity index (χ0n) is 17.4. The highest BCUT2D eigenvalue weighted by Crippen LogP contribution is 2.27. The van der Waals surface area contributed by atoms with Gasteiger partial charge < -0.3 is 9.64 Å². The van der Waals surface area contributed by atoms with Crippen LogP contribution in [0.2, 0.25) is 0 Å². The molecule has 0 atom stereocenters. The molecule has 0 aliphatic rings. The van der Waals surface area contributed by atoms with Crippen molar-refractivity contribution in [2.45, 2.75) is 42.5 Å². The third-order valence-electron chi connectivity index (χ3n) is 3.50. The number of aromatic nitrogens is 1. The first-order valence-corrected chi connectivity index (χ1v) is 9.02. The SMILES string of the molecule is C.C.CC.CC=COC.[2H]c1cnc2ccc(N(CC)c3ccccc3)cc2c1. The van der Waals surface area contributed by atoms with E-state index in [1.54, 1.807) is 19.6 Å². The molecule has 0 aliphatic heterocycles. The van der Waals surface area contributed by atoms with Crippen LogP contribution in [0.25, 0.3) is 10.9 Å². The van der Waals surface area contributed by atoms with Crippen LogP contribution in [0, 0.1) is 0 Å². The van der Waals surface area contributed by atoms with E-state index in [0.717, 1.165) is 23.1 Å². The quantitative estimate of drug-likeness (QED) is 0.429. The minimum Gasteiger partial charge on any atom is -0.505 e. The van der Waals surface area contributed by atoms with Crippen molar-refractivity contribution < 1.29 is 6.11 Å². The van der Waals surface area contributed by atoms with E-state index >= 15 is 0 Å². The summed E-state index contributed by atoms with van der Waals surface area (Å²) in [5.41, 5.74) is 3.22. The molecule has 28 heavy (non-hydrogen) atoms. The second-order valence-corrected chi connectivity index (χ2v) is 5.10. The Balaban J connectivity index is 0. The molecule has 0 fully saturated rings. The maximum absolute atomic E-state index is 7.69. The van der Waals surface area contributed by atoms with Gasteiger partial charge in [-0.2, -0.15) is 0 Å². The van der Waals surface area contributed by atoms with Crippen LogP contribution in [0.3, 0.4) is 0 Å². The van der Waals surface area contributed by atoms with Crippen LogP contribution in [0.15, 0.2) is 79.2 Å². The second kappa shape index (κ2) is 16.4. The fourth-order valence-electron chi connectivity index (χ4n) is 2.44. The zero-order chi connectivity index (χ0) is 20.1. The van der Waals surface area contributed by atoms with Gasteiger partial charge in [-0.05, 0) is 50.2 Å². The van der Waals surface area contributed by atoms with Gasteiger partial charge in [0.2, 0.25) is 0 Å². The summed E-state index contributed by atoms with van der Waals surface area (Å²) in [7, 11) is 1.62. The number of benzene rings is 2. The number of hydrogen-bond acceptors (Lipinski definition) is 3. The van der Waals surface area contributed by atoms with Crippen molar-refractivity contribution in [1.29, 1.82) is 0 Å². The largest absolute Gasteiger partial charge is 0.505 e. The number of rotatable bonds is 4. The normalized spacial score (nSPS) is 9.54. The summed E-state index contributed by atoms with van der Waals surface area (Å²) in [4.78, 5) is 6.52. The number of pyridine rings is 1. The van der Waals surface area contributed by atoms with Gasteiger partial charge in [0.25, 0.3) is 0 Å². The van der Waals surface area contributed by atoms with Crippen molar-refractivity contribution in [3.63, 3.8) is 0 Å². The summed E-state index contributed by atoms with van der Waals surface area (Å²) in [6, 6.07) is 18.8. The minimum atomic E-state index is 0. The van der Waals surface area contributed by atoms with E-state index in [4.69, 9.17) is 1.37 Å². The summed E-state index contributed by atoms with van der Waals surface area (Å²) in [6.07, 6.45) is 5.04. The van der Waals surface area contributed by atoms with E-state index < -0.39 is 0 Å². The highest BCUT2D eigenvalue weighted by atomic mass is 16.5. The Hall–Kier alpha value is -2.81. The molecule has 1 heterocycles. The third kappa shape index (κ3) is 8.26. The van der Waals surface area contributed by atoms with Gasteiger partial charge in [0.05, 0.1) is 20.3 Å². The predicted molar refractivity (Wildman–Crippen MR) is 127 cm³/mol. The average molecular weight is 384 g/mol. The maximum Gasteiger partial charge on any atom is 0.0781 e. The fourth-order valence-corrected chi connectivity index (χ4v) is 2.44. The molecule has 3 aromatic rings. The molecule has 3 heteroatoms. The Morgan fingerprint density at radius 1 is 1.04 bits per heavy atom. The molecule has 0 saturated carbocycles.